The third-order valence-electron chi connectivity index (χ3n) is 3.40. The number of rotatable bonds is 4. The molecule has 2 saturated heterocycles. The van der Waals surface area contributed by atoms with E-state index in [1.165, 1.54) is 37.7 Å². The highest BCUT2D eigenvalue weighted by atomic mass is 32.2. The molecule has 5 heteroatoms. The van der Waals surface area contributed by atoms with Crippen LogP contribution in [0.2, 0.25) is 0 Å². The molecule has 2 aliphatic rings. The molecule has 0 saturated carbocycles. The summed E-state index contributed by atoms with van der Waals surface area (Å²) in [7, 11) is 0. The highest BCUT2D eigenvalue weighted by Crippen LogP contribution is 2.24. The molecule has 0 radical (unpaired) electrons. The normalized spacial score (nSPS) is 25.8. The average molecular weight is 256 g/mol. The Balaban J connectivity index is 1.73. The number of carbonyl (C=O) groups excluding carboxylic acids is 2. The van der Waals surface area contributed by atoms with Crippen LogP contribution in [0.25, 0.3) is 0 Å². The van der Waals surface area contributed by atoms with E-state index in [-0.39, 0.29) is 16.3 Å². The SMILES string of the molecule is CC(=O)SC1CC(=O)N(CCN2CCCC2)C1. The van der Waals surface area contributed by atoms with Crippen LogP contribution in [0, 0.1) is 0 Å². The summed E-state index contributed by atoms with van der Waals surface area (Å²) in [5.41, 5.74) is 0. The van der Waals surface area contributed by atoms with E-state index in [0.717, 1.165) is 19.6 Å². The Kier molecular flexibility index (Phi) is 4.45. The first kappa shape index (κ1) is 12.9. The fourth-order valence-electron chi connectivity index (χ4n) is 2.53. The molecule has 0 bridgehead atoms. The number of carbonyl (C=O) groups is 2. The van der Waals surface area contributed by atoms with Gasteiger partial charge in [-0.15, -0.1) is 0 Å². The molecule has 96 valence electrons. The largest absolute Gasteiger partial charge is 0.340 e. The molecule has 0 spiro atoms. The van der Waals surface area contributed by atoms with Gasteiger partial charge in [-0.2, -0.15) is 0 Å². The van der Waals surface area contributed by atoms with Gasteiger partial charge in [0.05, 0.1) is 0 Å². The molecule has 2 rings (SSSR count). The molecule has 2 fully saturated rings. The minimum atomic E-state index is 0.115. The quantitative estimate of drug-likeness (QED) is 0.751. The van der Waals surface area contributed by atoms with Crippen LogP contribution in [0.1, 0.15) is 26.2 Å². The molecule has 1 amide bonds. The van der Waals surface area contributed by atoms with Crippen LogP contribution in [0.3, 0.4) is 0 Å². The molecule has 0 aromatic heterocycles. The van der Waals surface area contributed by atoms with Gasteiger partial charge in [0.15, 0.2) is 5.12 Å². The van der Waals surface area contributed by atoms with Crippen molar-refractivity contribution in [3.05, 3.63) is 0 Å². The van der Waals surface area contributed by atoms with Crippen LogP contribution in [-0.2, 0) is 9.59 Å². The first-order chi connectivity index (χ1) is 8.15. The number of amides is 1. The van der Waals surface area contributed by atoms with Crippen LogP contribution in [-0.4, -0.2) is 58.8 Å². The van der Waals surface area contributed by atoms with Gasteiger partial charge in [0.25, 0.3) is 0 Å². The molecular formula is C12H20N2O2S. The van der Waals surface area contributed by atoms with Crippen LogP contribution >= 0.6 is 11.8 Å². The van der Waals surface area contributed by atoms with Gasteiger partial charge in [-0.05, 0) is 25.9 Å². The zero-order chi connectivity index (χ0) is 12.3. The highest BCUT2D eigenvalue weighted by Gasteiger charge is 2.30. The summed E-state index contributed by atoms with van der Waals surface area (Å²) in [6.45, 7) is 6.48. The van der Waals surface area contributed by atoms with Crippen LogP contribution in [0.15, 0.2) is 0 Å². The van der Waals surface area contributed by atoms with E-state index in [1.54, 1.807) is 6.92 Å². The fourth-order valence-corrected chi connectivity index (χ4v) is 3.48. The lowest BCUT2D eigenvalue weighted by Gasteiger charge is -2.21. The smallest absolute Gasteiger partial charge is 0.223 e. The number of nitrogens with zero attached hydrogens (tertiary/aromatic N) is 2. The summed E-state index contributed by atoms with van der Waals surface area (Å²) in [5.74, 6) is 0.211. The zero-order valence-electron chi connectivity index (χ0n) is 10.4. The van der Waals surface area contributed by atoms with Crippen LogP contribution in [0.5, 0.6) is 0 Å². The van der Waals surface area contributed by atoms with Gasteiger partial charge in [-0.25, -0.2) is 0 Å². The molecule has 17 heavy (non-hydrogen) atoms. The summed E-state index contributed by atoms with van der Waals surface area (Å²) < 4.78 is 0. The predicted molar refractivity (Wildman–Crippen MR) is 68.9 cm³/mol. The number of hydrogen-bond donors (Lipinski definition) is 0. The van der Waals surface area contributed by atoms with Crippen molar-refractivity contribution in [2.45, 2.75) is 31.4 Å². The summed E-state index contributed by atoms with van der Waals surface area (Å²) in [5, 5.41) is 0.294. The average Bonchev–Trinajstić information content (AvgIpc) is 2.84. The van der Waals surface area contributed by atoms with Crippen molar-refractivity contribution >= 4 is 22.8 Å². The van der Waals surface area contributed by atoms with Crippen molar-refractivity contribution < 1.29 is 9.59 Å². The molecular weight excluding hydrogens is 236 g/mol. The molecule has 0 aromatic rings. The van der Waals surface area contributed by atoms with E-state index >= 15 is 0 Å². The fraction of sp³-hybridized carbons (Fsp3) is 0.833. The van der Waals surface area contributed by atoms with E-state index in [9.17, 15) is 9.59 Å². The molecule has 0 N–H and O–H groups in total. The lowest BCUT2D eigenvalue weighted by molar-refractivity contribution is -0.127. The Bertz CT molecular complexity index is 303. The third-order valence-corrected chi connectivity index (χ3v) is 4.38. The maximum absolute atomic E-state index is 11.8. The standard InChI is InChI=1S/C12H20N2O2S/c1-10(15)17-11-8-12(16)14(9-11)7-6-13-4-2-3-5-13/h11H,2-9H2,1H3. The lowest BCUT2D eigenvalue weighted by Crippen LogP contribution is -2.34. The zero-order valence-corrected chi connectivity index (χ0v) is 11.2. The first-order valence-electron chi connectivity index (χ1n) is 6.32. The molecule has 1 atom stereocenters. The number of likely N-dealkylation sites (tertiary alicyclic amines) is 2. The monoisotopic (exact) mass is 256 g/mol. The maximum Gasteiger partial charge on any atom is 0.223 e. The van der Waals surface area contributed by atoms with Crippen molar-refractivity contribution in [2.75, 3.05) is 32.7 Å². The third kappa shape index (κ3) is 3.71. The number of thioether (sulfide) groups is 1. The van der Waals surface area contributed by atoms with Gasteiger partial charge < -0.3 is 9.80 Å². The van der Waals surface area contributed by atoms with Gasteiger partial charge >= 0.3 is 0 Å². The Morgan fingerprint density at radius 3 is 2.71 bits per heavy atom. The van der Waals surface area contributed by atoms with Gasteiger partial charge in [0.2, 0.25) is 5.91 Å². The second kappa shape index (κ2) is 5.87. The lowest BCUT2D eigenvalue weighted by atomic mass is 10.4. The van der Waals surface area contributed by atoms with E-state index in [4.69, 9.17) is 0 Å². The summed E-state index contributed by atoms with van der Waals surface area (Å²) >= 11 is 1.31. The van der Waals surface area contributed by atoms with Crippen LogP contribution < -0.4 is 0 Å². The van der Waals surface area contributed by atoms with Crippen molar-refractivity contribution in [3.8, 4) is 0 Å². The van der Waals surface area contributed by atoms with Gasteiger partial charge in [0.1, 0.15) is 0 Å². The van der Waals surface area contributed by atoms with E-state index < -0.39 is 0 Å². The number of hydrogen-bond acceptors (Lipinski definition) is 4. The summed E-state index contributed by atoms with van der Waals surface area (Å²) in [6.07, 6.45) is 3.11. The molecule has 2 heterocycles. The van der Waals surface area contributed by atoms with Gasteiger partial charge in [-0.1, -0.05) is 11.8 Å². The Hall–Kier alpha value is -0.550. The Morgan fingerprint density at radius 1 is 1.35 bits per heavy atom. The second-order valence-corrected chi connectivity index (χ2v) is 6.30. The topological polar surface area (TPSA) is 40.6 Å². The van der Waals surface area contributed by atoms with Gasteiger partial charge in [0, 0.05) is 38.2 Å². The molecule has 0 aliphatic carbocycles. The maximum atomic E-state index is 11.8. The van der Waals surface area contributed by atoms with Crippen molar-refractivity contribution in [1.82, 2.24) is 9.80 Å². The second-order valence-electron chi connectivity index (χ2n) is 4.82. The first-order valence-corrected chi connectivity index (χ1v) is 7.20. The molecule has 2 aliphatic heterocycles. The van der Waals surface area contributed by atoms with Crippen molar-refractivity contribution in [2.24, 2.45) is 0 Å². The predicted octanol–water partition coefficient (Wildman–Crippen LogP) is 0.963. The van der Waals surface area contributed by atoms with Crippen molar-refractivity contribution in [1.29, 1.82) is 0 Å². The minimum absolute atomic E-state index is 0.115. The Morgan fingerprint density at radius 2 is 2.06 bits per heavy atom. The Labute approximate surface area is 107 Å². The minimum Gasteiger partial charge on any atom is -0.340 e. The van der Waals surface area contributed by atoms with Crippen molar-refractivity contribution in [3.63, 3.8) is 0 Å². The highest BCUT2D eigenvalue weighted by molar-refractivity contribution is 8.14. The molecule has 0 aromatic carbocycles. The van der Waals surface area contributed by atoms with E-state index in [1.807, 2.05) is 4.90 Å². The van der Waals surface area contributed by atoms with Crippen LogP contribution in [0.4, 0.5) is 0 Å². The summed E-state index contributed by atoms with van der Waals surface area (Å²) in [4.78, 5) is 27.1. The van der Waals surface area contributed by atoms with E-state index in [0.29, 0.717) is 6.42 Å². The van der Waals surface area contributed by atoms with E-state index in [2.05, 4.69) is 4.90 Å². The molecule has 1 unspecified atom stereocenters. The summed E-state index contributed by atoms with van der Waals surface area (Å²) in [6, 6.07) is 0. The molecule has 4 nitrogen and oxygen atoms in total. The van der Waals surface area contributed by atoms with Gasteiger partial charge in [-0.3, -0.25) is 9.59 Å².